The Labute approximate surface area is 188 Å². The molecule has 1 aliphatic heterocycles. The Balaban J connectivity index is 1.51. The first-order chi connectivity index (χ1) is 15.8. The number of anilines is 1. The van der Waals surface area contributed by atoms with E-state index in [1.807, 2.05) is 6.92 Å². The second-order valence-corrected chi connectivity index (χ2v) is 8.08. The number of fused-ring (bicyclic) bond motifs is 1. The van der Waals surface area contributed by atoms with Gasteiger partial charge in [-0.1, -0.05) is 17.7 Å². The fraction of sp³-hybridized carbons (Fsp3) is 0.409. The van der Waals surface area contributed by atoms with Crippen molar-refractivity contribution in [1.29, 1.82) is 0 Å². The summed E-state index contributed by atoms with van der Waals surface area (Å²) in [6.07, 6.45) is -1.14. The first kappa shape index (κ1) is 22.7. The minimum Gasteiger partial charge on any atom is -0.469 e. The molecule has 0 bridgehead atoms. The van der Waals surface area contributed by atoms with Crippen LogP contribution in [0.3, 0.4) is 0 Å². The molecule has 1 aromatic carbocycles. The molecule has 0 unspecified atom stereocenters. The second kappa shape index (κ2) is 9.20. The van der Waals surface area contributed by atoms with Gasteiger partial charge in [0.25, 0.3) is 5.91 Å². The zero-order valence-electron chi connectivity index (χ0n) is 18.1. The summed E-state index contributed by atoms with van der Waals surface area (Å²) < 4.78 is 18.7. The highest BCUT2D eigenvalue weighted by Crippen LogP contribution is 2.32. The summed E-state index contributed by atoms with van der Waals surface area (Å²) in [5, 5.41) is 26.3. The lowest BCUT2D eigenvalue weighted by Gasteiger charge is -2.20. The van der Waals surface area contributed by atoms with Gasteiger partial charge in [-0.15, -0.1) is 0 Å². The Bertz CT molecular complexity index is 1120. The predicted molar refractivity (Wildman–Crippen MR) is 115 cm³/mol. The summed E-state index contributed by atoms with van der Waals surface area (Å²) in [5.41, 5.74) is 2.17. The molecule has 33 heavy (non-hydrogen) atoms. The number of esters is 1. The highest BCUT2D eigenvalue weighted by atomic mass is 19.1. The van der Waals surface area contributed by atoms with Gasteiger partial charge in [-0.2, -0.15) is 0 Å². The Morgan fingerprint density at radius 2 is 2.03 bits per heavy atom. The number of rotatable bonds is 6. The average Bonchev–Trinajstić information content (AvgIpc) is 3.36. The summed E-state index contributed by atoms with van der Waals surface area (Å²) in [7, 11) is 1.21. The molecular weight excluding hydrogens is 433 g/mol. The molecule has 0 spiro atoms. The molecule has 1 saturated carbocycles. The Kier molecular flexibility index (Phi) is 6.34. The van der Waals surface area contributed by atoms with Gasteiger partial charge in [0, 0.05) is 12.1 Å². The van der Waals surface area contributed by atoms with E-state index < -0.39 is 41.9 Å². The van der Waals surface area contributed by atoms with Gasteiger partial charge in [-0.3, -0.25) is 14.6 Å². The van der Waals surface area contributed by atoms with Gasteiger partial charge in [0.2, 0.25) is 0 Å². The van der Waals surface area contributed by atoms with Gasteiger partial charge < -0.3 is 25.6 Å². The summed E-state index contributed by atoms with van der Waals surface area (Å²) in [6.45, 7) is 1.97. The monoisotopic (exact) mass is 457 g/mol. The van der Waals surface area contributed by atoms with Crippen LogP contribution in [0.15, 0.2) is 29.5 Å². The largest absolute Gasteiger partial charge is 0.469 e. The third-order valence-corrected chi connectivity index (χ3v) is 5.91. The molecular formula is C22H24FN5O5. The Morgan fingerprint density at radius 3 is 2.79 bits per heavy atom. The first-order valence-electron chi connectivity index (χ1n) is 10.4. The lowest BCUT2D eigenvalue weighted by molar-refractivity contribution is -0.149. The van der Waals surface area contributed by atoms with E-state index in [4.69, 9.17) is 4.74 Å². The first-order valence-corrected chi connectivity index (χ1v) is 10.4. The number of aliphatic hydroxyl groups excluding tert-OH is 2. The van der Waals surface area contributed by atoms with Crippen molar-refractivity contribution in [3.8, 4) is 0 Å². The maximum Gasteiger partial charge on any atom is 0.311 e. The number of benzene rings is 1. The van der Waals surface area contributed by atoms with E-state index in [0.29, 0.717) is 16.8 Å². The lowest BCUT2D eigenvalue weighted by Crippen LogP contribution is -2.37. The van der Waals surface area contributed by atoms with Gasteiger partial charge in [0.05, 0.1) is 43.0 Å². The standard InChI is InChI=1S/C22H24FN5O5/c1-10-3-4-13(23)11(5-10)7-25-21(31)17-16-15(8-24-17)26-9-27-20(16)28-14-6-12(22(32)33-2)18(29)19(14)30/h3-5,9,12,14,18-19,29-30H,6-8H2,1-2H3,(H,25,31)(H,26,27,28)/t12-,14-,18-,19+/m1/s1. The van der Waals surface area contributed by atoms with Gasteiger partial charge in [0.1, 0.15) is 29.8 Å². The molecule has 2 aliphatic rings. The number of nitrogens with zero attached hydrogens (tertiary/aromatic N) is 3. The topological polar surface area (TPSA) is 146 Å². The lowest BCUT2D eigenvalue weighted by atomic mass is 10.1. The van der Waals surface area contributed by atoms with Crippen molar-refractivity contribution in [3.63, 3.8) is 0 Å². The van der Waals surface area contributed by atoms with E-state index >= 15 is 0 Å². The van der Waals surface area contributed by atoms with Crippen molar-refractivity contribution in [1.82, 2.24) is 15.3 Å². The van der Waals surface area contributed by atoms with E-state index in [1.165, 1.54) is 19.5 Å². The maximum atomic E-state index is 14.0. The van der Waals surface area contributed by atoms with E-state index in [-0.39, 0.29) is 31.0 Å². The molecule has 0 saturated heterocycles. The minimum atomic E-state index is -1.30. The van der Waals surface area contributed by atoms with Crippen molar-refractivity contribution in [2.45, 2.75) is 44.7 Å². The predicted octanol–water partition coefficient (Wildman–Crippen LogP) is 0.238. The molecule has 1 aliphatic carbocycles. The number of aryl methyl sites for hydroxylation is 1. The fourth-order valence-electron chi connectivity index (χ4n) is 4.15. The average molecular weight is 457 g/mol. The van der Waals surface area contributed by atoms with Crippen molar-refractivity contribution >= 4 is 23.4 Å². The number of amides is 1. The van der Waals surface area contributed by atoms with E-state index in [0.717, 1.165) is 5.56 Å². The molecule has 2 heterocycles. The van der Waals surface area contributed by atoms with Crippen LogP contribution in [0.4, 0.5) is 10.2 Å². The second-order valence-electron chi connectivity index (χ2n) is 8.08. The zero-order valence-corrected chi connectivity index (χ0v) is 18.1. The van der Waals surface area contributed by atoms with Crippen LogP contribution in [-0.4, -0.2) is 63.1 Å². The van der Waals surface area contributed by atoms with Crippen LogP contribution < -0.4 is 10.6 Å². The smallest absolute Gasteiger partial charge is 0.311 e. The number of halogens is 1. The SMILES string of the molecule is COC(=O)[C@@H]1C[C@@H](Nc2ncnc3c2C(C(=O)NCc2cc(C)ccc2F)=NC3)[C@H](O)[C@@H]1O. The number of hydrogen-bond acceptors (Lipinski definition) is 9. The summed E-state index contributed by atoms with van der Waals surface area (Å²) in [4.78, 5) is 37.4. The molecule has 0 radical (unpaired) electrons. The molecule has 10 nitrogen and oxygen atoms in total. The molecule has 4 atom stereocenters. The number of aliphatic imine (C=N–C) groups is 1. The third kappa shape index (κ3) is 4.41. The van der Waals surface area contributed by atoms with Gasteiger partial charge >= 0.3 is 5.97 Å². The summed E-state index contributed by atoms with van der Waals surface area (Å²) in [5.74, 6) is -2.21. The van der Waals surface area contributed by atoms with Gasteiger partial charge in [-0.05, 0) is 19.4 Å². The normalized spacial score (nSPS) is 23.6. The summed E-state index contributed by atoms with van der Waals surface area (Å²) in [6, 6.07) is 3.93. The number of nitrogens with one attached hydrogen (secondary N) is 2. The van der Waals surface area contributed by atoms with Gasteiger partial charge in [0.15, 0.2) is 0 Å². The molecule has 11 heteroatoms. The zero-order chi connectivity index (χ0) is 23.7. The molecule has 1 amide bonds. The number of methoxy groups -OCH3 is 1. The number of aliphatic hydroxyl groups is 2. The number of hydrogen-bond donors (Lipinski definition) is 4. The third-order valence-electron chi connectivity index (χ3n) is 5.91. The van der Waals surface area contributed by atoms with Crippen LogP contribution in [-0.2, 0) is 27.4 Å². The van der Waals surface area contributed by atoms with Crippen molar-refractivity contribution < 1.29 is 28.9 Å². The van der Waals surface area contributed by atoms with Gasteiger partial charge in [-0.25, -0.2) is 14.4 Å². The molecule has 1 fully saturated rings. The van der Waals surface area contributed by atoms with Crippen LogP contribution in [0.5, 0.6) is 0 Å². The van der Waals surface area contributed by atoms with E-state index in [9.17, 15) is 24.2 Å². The molecule has 1 aromatic heterocycles. The fourth-order valence-corrected chi connectivity index (χ4v) is 4.15. The van der Waals surface area contributed by atoms with Crippen LogP contribution in [0.1, 0.15) is 28.8 Å². The molecule has 4 rings (SSSR count). The van der Waals surface area contributed by atoms with E-state index in [1.54, 1.807) is 12.1 Å². The van der Waals surface area contributed by atoms with Crippen molar-refractivity contribution in [2.24, 2.45) is 10.9 Å². The van der Waals surface area contributed by atoms with Crippen LogP contribution in [0.2, 0.25) is 0 Å². The number of aromatic nitrogens is 2. The highest BCUT2D eigenvalue weighted by Gasteiger charge is 2.46. The van der Waals surface area contributed by atoms with E-state index in [2.05, 4.69) is 25.6 Å². The van der Waals surface area contributed by atoms with Crippen LogP contribution in [0, 0.1) is 18.7 Å². The summed E-state index contributed by atoms with van der Waals surface area (Å²) >= 11 is 0. The molecule has 2 aromatic rings. The molecule has 174 valence electrons. The Hall–Kier alpha value is -3.44. The number of carbonyl (C=O) groups excluding carboxylic acids is 2. The van der Waals surface area contributed by atoms with Crippen LogP contribution >= 0.6 is 0 Å². The van der Waals surface area contributed by atoms with Crippen molar-refractivity contribution in [2.75, 3.05) is 12.4 Å². The highest BCUT2D eigenvalue weighted by molar-refractivity contribution is 6.47. The maximum absolute atomic E-state index is 14.0. The quantitative estimate of drug-likeness (QED) is 0.451. The number of carbonyl (C=O) groups is 2. The van der Waals surface area contributed by atoms with Crippen molar-refractivity contribution in [3.05, 3.63) is 52.7 Å². The number of ether oxygens (including phenoxy) is 1. The molecule has 4 N–H and O–H groups in total. The van der Waals surface area contributed by atoms with Crippen LogP contribution in [0.25, 0.3) is 0 Å². The minimum absolute atomic E-state index is 0.0223. The Morgan fingerprint density at radius 1 is 1.24 bits per heavy atom.